The zero-order valence-electron chi connectivity index (χ0n) is 19.6. The van der Waals surface area contributed by atoms with Crippen molar-refractivity contribution in [2.75, 3.05) is 12.4 Å². The molecular weight excluding hydrogens is 428 g/mol. The van der Waals surface area contributed by atoms with Crippen LogP contribution >= 0.6 is 0 Å². The fourth-order valence-electron chi connectivity index (χ4n) is 4.00. The third-order valence-corrected chi connectivity index (χ3v) is 5.59. The van der Waals surface area contributed by atoms with Crippen molar-refractivity contribution in [1.82, 2.24) is 5.32 Å². The fraction of sp³-hybridized carbons (Fsp3) is 0.214. The Hall–Kier alpha value is -4.06. The van der Waals surface area contributed by atoms with E-state index in [0.29, 0.717) is 11.3 Å². The molecule has 0 saturated heterocycles. The molecule has 0 atom stereocenters. The number of benzene rings is 3. The van der Waals surface area contributed by atoms with E-state index in [0.717, 1.165) is 34.6 Å². The molecule has 6 heteroatoms. The van der Waals surface area contributed by atoms with Crippen molar-refractivity contribution in [3.05, 3.63) is 101 Å². The molecule has 6 nitrogen and oxygen atoms in total. The molecule has 4 rings (SSSR count). The molecule has 1 aliphatic heterocycles. The topological polar surface area (TPSA) is 76.7 Å². The number of allylic oxidation sites excluding steroid dienone is 1. The van der Waals surface area contributed by atoms with E-state index in [9.17, 15) is 9.59 Å². The molecule has 0 aromatic heterocycles. The van der Waals surface area contributed by atoms with Crippen molar-refractivity contribution in [3.63, 3.8) is 0 Å². The standard InChI is InChI=1S/C28H28N2O4/c1-28(2)17-21-12-13-23(33-3)15-24(21)25(30-28)16-26(31)20-10-7-11-22(14-20)29-27(32)34-18-19-8-5-4-6-9-19/h4-16,30H,17-18H2,1-3H3,(H,29,32). The first kappa shape index (κ1) is 23.1. The van der Waals surface area contributed by atoms with E-state index in [2.05, 4.69) is 24.5 Å². The SMILES string of the molecule is COc1ccc2c(c1)C(=CC(=O)c1cccc(NC(=O)OCc3ccccc3)c1)NC(C)(C)C2. The van der Waals surface area contributed by atoms with Crippen LogP contribution in [0.2, 0.25) is 0 Å². The van der Waals surface area contributed by atoms with Crippen LogP contribution in [0.25, 0.3) is 5.70 Å². The number of ketones is 1. The van der Waals surface area contributed by atoms with Gasteiger partial charge in [-0.05, 0) is 55.7 Å². The number of hydrogen-bond acceptors (Lipinski definition) is 5. The second kappa shape index (κ2) is 9.83. The monoisotopic (exact) mass is 456 g/mol. The zero-order chi connectivity index (χ0) is 24.1. The largest absolute Gasteiger partial charge is 0.497 e. The maximum absolute atomic E-state index is 13.1. The van der Waals surface area contributed by atoms with Gasteiger partial charge in [0.25, 0.3) is 0 Å². The van der Waals surface area contributed by atoms with E-state index in [1.807, 2.05) is 48.5 Å². The van der Waals surface area contributed by atoms with Gasteiger partial charge in [-0.3, -0.25) is 10.1 Å². The molecule has 0 aliphatic carbocycles. The Morgan fingerprint density at radius 1 is 1.03 bits per heavy atom. The molecule has 3 aromatic carbocycles. The Labute approximate surface area is 199 Å². The van der Waals surface area contributed by atoms with Crippen LogP contribution in [0.5, 0.6) is 5.75 Å². The Balaban J connectivity index is 1.50. The molecule has 1 aliphatic rings. The summed E-state index contributed by atoms with van der Waals surface area (Å²) in [5, 5.41) is 6.16. The lowest BCUT2D eigenvalue weighted by Crippen LogP contribution is -2.43. The first-order valence-corrected chi connectivity index (χ1v) is 11.1. The van der Waals surface area contributed by atoms with Gasteiger partial charge in [-0.2, -0.15) is 0 Å². The van der Waals surface area contributed by atoms with Crippen molar-refractivity contribution >= 4 is 23.3 Å². The lowest BCUT2D eigenvalue weighted by Gasteiger charge is -2.35. The predicted octanol–water partition coefficient (Wildman–Crippen LogP) is 5.59. The number of nitrogens with one attached hydrogen (secondary N) is 2. The highest BCUT2D eigenvalue weighted by Gasteiger charge is 2.28. The van der Waals surface area contributed by atoms with Crippen LogP contribution in [0, 0.1) is 0 Å². The summed E-state index contributed by atoms with van der Waals surface area (Å²) in [6, 6.07) is 22.2. The minimum Gasteiger partial charge on any atom is -0.497 e. The molecule has 1 heterocycles. The third-order valence-electron chi connectivity index (χ3n) is 5.59. The average molecular weight is 457 g/mol. The van der Waals surface area contributed by atoms with Crippen molar-refractivity contribution in [1.29, 1.82) is 0 Å². The van der Waals surface area contributed by atoms with E-state index >= 15 is 0 Å². The lowest BCUT2D eigenvalue weighted by molar-refractivity contribution is 0.104. The molecule has 34 heavy (non-hydrogen) atoms. The molecule has 3 aromatic rings. The molecule has 0 bridgehead atoms. The van der Waals surface area contributed by atoms with Crippen LogP contribution in [-0.2, 0) is 17.8 Å². The summed E-state index contributed by atoms with van der Waals surface area (Å²) in [5.41, 5.74) is 4.50. The molecule has 0 radical (unpaired) electrons. The number of rotatable bonds is 6. The first-order valence-electron chi connectivity index (χ1n) is 11.1. The van der Waals surface area contributed by atoms with Gasteiger partial charge in [-0.1, -0.05) is 48.5 Å². The Morgan fingerprint density at radius 2 is 1.82 bits per heavy atom. The number of carbonyl (C=O) groups excluding carboxylic acids is 2. The third kappa shape index (κ3) is 5.64. The minimum absolute atomic E-state index is 0.168. The van der Waals surface area contributed by atoms with Gasteiger partial charge in [0, 0.05) is 34.1 Å². The van der Waals surface area contributed by atoms with Crippen molar-refractivity contribution in [2.24, 2.45) is 0 Å². The van der Waals surface area contributed by atoms with Gasteiger partial charge in [-0.25, -0.2) is 4.79 Å². The molecule has 0 fully saturated rings. The van der Waals surface area contributed by atoms with Gasteiger partial charge < -0.3 is 14.8 Å². The maximum atomic E-state index is 13.1. The number of hydrogen-bond donors (Lipinski definition) is 2. The van der Waals surface area contributed by atoms with Gasteiger partial charge in [0.05, 0.1) is 7.11 Å². The molecule has 2 N–H and O–H groups in total. The van der Waals surface area contributed by atoms with Crippen LogP contribution in [0.3, 0.4) is 0 Å². The zero-order valence-corrected chi connectivity index (χ0v) is 19.6. The Bertz CT molecular complexity index is 1230. The number of amides is 1. The maximum Gasteiger partial charge on any atom is 0.411 e. The van der Waals surface area contributed by atoms with Crippen LogP contribution < -0.4 is 15.4 Å². The normalized spacial score (nSPS) is 15.1. The minimum atomic E-state index is -0.580. The number of fused-ring (bicyclic) bond motifs is 1. The van der Waals surface area contributed by atoms with Gasteiger partial charge in [-0.15, -0.1) is 0 Å². The Morgan fingerprint density at radius 3 is 2.59 bits per heavy atom. The molecule has 0 unspecified atom stereocenters. The average Bonchev–Trinajstić information content (AvgIpc) is 2.82. The van der Waals surface area contributed by atoms with Gasteiger partial charge in [0.15, 0.2) is 5.78 Å². The quantitative estimate of drug-likeness (QED) is 0.373. The van der Waals surface area contributed by atoms with Gasteiger partial charge in [0.2, 0.25) is 0 Å². The molecule has 0 spiro atoms. The smallest absolute Gasteiger partial charge is 0.411 e. The highest BCUT2D eigenvalue weighted by Crippen LogP contribution is 2.32. The first-order chi connectivity index (χ1) is 16.3. The summed E-state index contributed by atoms with van der Waals surface area (Å²) in [5.74, 6) is 0.564. The van der Waals surface area contributed by atoms with Crippen LogP contribution in [0.15, 0.2) is 78.9 Å². The van der Waals surface area contributed by atoms with E-state index in [4.69, 9.17) is 9.47 Å². The second-order valence-electron chi connectivity index (χ2n) is 8.90. The van der Waals surface area contributed by atoms with E-state index in [-0.39, 0.29) is 17.9 Å². The summed E-state index contributed by atoms with van der Waals surface area (Å²) in [6.45, 7) is 4.37. The molecule has 0 saturated carbocycles. The van der Waals surface area contributed by atoms with Gasteiger partial charge >= 0.3 is 6.09 Å². The highest BCUT2D eigenvalue weighted by molar-refractivity contribution is 6.09. The number of anilines is 1. The van der Waals surface area contributed by atoms with Crippen molar-refractivity contribution in [3.8, 4) is 5.75 Å². The number of ether oxygens (including phenoxy) is 2. The number of methoxy groups -OCH3 is 1. The van der Waals surface area contributed by atoms with Crippen molar-refractivity contribution < 1.29 is 19.1 Å². The van der Waals surface area contributed by atoms with E-state index in [1.54, 1.807) is 37.5 Å². The van der Waals surface area contributed by atoms with E-state index < -0.39 is 6.09 Å². The van der Waals surface area contributed by atoms with Crippen molar-refractivity contribution in [2.45, 2.75) is 32.4 Å². The lowest BCUT2D eigenvalue weighted by atomic mass is 9.85. The summed E-state index contributed by atoms with van der Waals surface area (Å²) < 4.78 is 10.6. The van der Waals surface area contributed by atoms with E-state index in [1.165, 1.54) is 0 Å². The molecule has 174 valence electrons. The van der Waals surface area contributed by atoms with Crippen LogP contribution in [-0.4, -0.2) is 24.5 Å². The number of carbonyl (C=O) groups is 2. The molecular formula is C28H28N2O4. The summed E-state index contributed by atoms with van der Waals surface area (Å²) in [4.78, 5) is 25.3. The summed E-state index contributed by atoms with van der Waals surface area (Å²) in [7, 11) is 1.62. The predicted molar refractivity (Wildman–Crippen MR) is 133 cm³/mol. The van der Waals surface area contributed by atoms with Crippen LogP contribution in [0.1, 0.15) is 40.9 Å². The second-order valence-corrected chi connectivity index (χ2v) is 8.90. The van der Waals surface area contributed by atoms with Crippen LogP contribution in [0.4, 0.5) is 10.5 Å². The van der Waals surface area contributed by atoms with Gasteiger partial charge in [0.1, 0.15) is 12.4 Å². The fourth-order valence-corrected chi connectivity index (χ4v) is 4.00. The molecule has 1 amide bonds. The highest BCUT2D eigenvalue weighted by atomic mass is 16.5. The summed E-state index contributed by atoms with van der Waals surface area (Å²) >= 11 is 0. The Kier molecular flexibility index (Phi) is 6.68. The summed E-state index contributed by atoms with van der Waals surface area (Å²) in [6.07, 6.45) is 1.86.